The normalized spacial score (nSPS) is 20.2. The standard InChI is InChI=1S/C39H42F2N4O4S2/c1-24(36(46)49-6)19-25-9-7-10-26(20-25)39(4)16-8-15-38(2,3)23-51(47,48)18-14-29-28-13-17-42-33(28)22-32(41)34(29)50-27-11-12-31(40)30(21-27)35-43-37(39)44-45(35)5/h7,9-14,17-18,20-22,24,42H,8,15-16,19,23H2,1-6H3/b18-14+/t24-,39+/m0/s1. The SMILES string of the molecule is COC(=O)[C@@H](C)Cc1cccc([C@@]2(C)CCCC(C)(C)CS(=O)(=O)/C=C/c3c(c(F)cc4[nH]ccc34)Sc3ccc(F)c(c3)-c3nc2nn3C)c1. The molecule has 0 fully saturated rings. The summed E-state index contributed by atoms with van der Waals surface area (Å²) in [6, 6.07) is 15.6. The van der Waals surface area contributed by atoms with Crippen molar-refractivity contribution in [3.05, 3.63) is 100 Å². The molecule has 2 atom stereocenters. The molecule has 12 heteroatoms. The molecule has 3 heterocycles. The quantitative estimate of drug-likeness (QED) is 0.184. The highest BCUT2D eigenvalue weighted by atomic mass is 32.2. The minimum Gasteiger partial charge on any atom is -0.469 e. The number of nitrogens with one attached hydrogen (secondary N) is 1. The van der Waals surface area contributed by atoms with Crippen LogP contribution < -0.4 is 0 Å². The second-order valence-electron chi connectivity index (χ2n) is 14.5. The smallest absolute Gasteiger partial charge is 0.308 e. The molecule has 1 aliphatic rings. The summed E-state index contributed by atoms with van der Waals surface area (Å²) in [4.78, 5) is 21.0. The molecule has 0 amide bonds. The van der Waals surface area contributed by atoms with Crippen molar-refractivity contribution in [3.8, 4) is 11.4 Å². The van der Waals surface area contributed by atoms with Crippen LogP contribution in [-0.2, 0) is 38.3 Å². The number of hydrogen-bond acceptors (Lipinski definition) is 7. The molecule has 268 valence electrons. The second kappa shape index (κ2) is 14.0. The zero-order valence-corrected chi connectivity index (χ0v) is 31.2. The van der Waals surface area contributed by atoms with Crippen molar-refractivity contribution < 1.29 is 26.7 Å². The monoisotopic (exact) mass is 732 g/mol. The van der Waals surface area contributed by atoms with Crippen LogP contribution in [0.15, 0.2) is 76.0 Å². The predicted molar refractivity (Wildman–Crippen MR) is 197 cm³/mol. The number of ether oxygens (including phenoxy) is 1. The number of methoxy groups -OCH3 is 1. The molecule has 0 spiro atoms. The first-order chi connectivity index (χ1) is 24.1. The number of carbonyl (C=O) groups excluding carboxylic acids is 1. The van der Waals surface area contributed by atoms with Crippen LogP contribution in [0.2, 0.25) is 0 Å². The Hall–Kier alpha value is -4.29. The third-order valence-electron chi connectivity index (χ3n) is 9.73. The highest BCUT2D eigenvalue weighted by molar-refractivity contribution is 7.99. The minimum absolute atomic E-state index is 0.102. The Morgan fingerprint density at radius 3 is 2.63 bits per heavy atom. The van der Waals surface area contributed by atoms with E-state index in [1.165, 1.54) is 30.7 Å². The summed E-state index contributed by atoms with van der Waals surface area (Å²) < 4.78 is 65.1. The van der Waals surface area contributed by atoms with Crippen LogP contribution in [0.5, 0.6) is 0 Å². The summed E-state index contributed by atoms with van der Waals surface area (Å²) in [5.41, 5.74) is 1.67. The molecule has 5 aromatic rings. The number of halogens is 2. The summed E-state index contributed by atoms with van der Waals surface area (Å²) in [7, 11) is -0.624. The molecule has 0 aliphatic carbocycles. The molecule has 51 heavy (non-hydrogen) atoms. The number of nitrogens with zero attached hydrogens (tertiary/aromatic N) is 3. The number of hydrogen-bond donors (Lipinski definition) is 1. The summed E-state index contributed by atoms with van der Waals surface area (Å²) >= 11 is 1.09. The predicted octanol–water partition coefficient (Wildman–Crippen LogP) is 8.65. The largest absolute Gasteiger partial charge is 0.469 e. The van der Waals surface area contributed by atoms with E-state index in [0.29, 0.717) is 58.7 Å². The zero-order valence-electron chi connectivity index (χ0n) is 29.6. The van der Waals surface area contributed by atoms with Gasteiger partial charge in [0, 0.05) is 40.0 Å². The topological polar surface area (TPSA) is 107 Å². The van der Waals surface area contributed by atoms with Gasteiger partial charge in [-0.1, -0.05) is 63.2 Å². The van der Waals surface area contributed by atoms with Gasteiger partial charge in [0.2, 0.25) is 0 Å². The molecule has 6 rings (SSSR count). The van der Waals surface area contributed by atoms with Crippen LogP contribution in [0.25, 0.3) is 28.4 Å². The van der Waals surface area contributed by atoms with Crippen molar-refractivity contribution in [2.45, 2.75) is 68.6 Å². The van der Waals surface area contributed by atoms with Gasteiger partial charge in [-0.05, 0) is 79.1 Å². The highest BCUT2D eigenvalue weighted by Crippen LogP contribution is 2.42. The summed E-state index contributed by atoms with van der Waals surface area (Å²) in [5, 5.41) is 6.70. The lowest BCUT2D eigenvalue weighted by atomic mass is 9.75. The number of sulfone groups is 1. The number of H-pyrrole nitrogens is 1. The van der Waals surface area contributed by atoms with Crippen LogP contribution in [0, 0.1) is 23.0 Å². The van der Waals surface area contributed by atoms with Crippen molar-refractivity contribution in [3.63, 3.8) is 0 Å². The van der Waals surface area contributed by atoms with Crippen molar-refractivity contribution in [2.75, 3.05) is 12.9 Å². The average Bonchev–Trinajstić information content (AvgIpc) is 3.70. The van der Waals surface area contributed by atoms with E-state index in [0.717, 1.165) is 22.9 Å². The number of benzene rings is 3. The maximum absolute atomic E-state index is 15.8. The van der Waals surface area contributed by atoms with Crippen molar-refractivity contribution in [1.82, 2.24) is 19.7 Å². The van der Waals surface area contributed by atoms with Gasteiger partial charge in [0.15, 0.2) is 21.5 Å². The van der Waals surface area contributed by atoms with Gasteiger partial charge in [-0.15, -0.1) is 0 Å². The average molecular weight is 733 g/mol. The number of aromatic nitrogens is 4. The third-order valence-corrected chi connectivity index (χ3v) is 12.6. The number of carbonyl (C=O) groups is 1. The minimum atomic E-state index is -3.72. The van der Waals surface area contributed by atoms with E-state index < -0.39 is 32.3 Å². The van der Waals surface area contributed by atoms with Crippen LogP contribution in [0.4, 0.5) is 8.78 Å². The maximum atomic E-state index is 15.8. The molecule has 4 bridgehead atoms. The van der Waals surface area contributed by atoms with E-state index in [9.17, 15) is 13.2 Å². The first kappa shape index (κ1) is 36.5. The Kier molecular flexibility index (Phi) is 10.0. The van der Waals surface area contributed by atoms with Gasteiger partial charge in [0.1, 0.15) is 11.6 Å². The molecule has 0 saturated heterocycles. The molecule has 8 nitrogen and oxygen atoms in total. The van der Waals surface area contributed by atoms with Crippen LogP contribution in [0.3, 0.4) is 0 Å². The van der Waals surface area contributed by atoms with Gasteiger partial charge in [-0.25, -0.2) is 26.9 Å². The van der Waals surface area contributed by atoms with E-state index in [1.807, 2.05) is 52.0 Å². The van der Waals surface area contributed by atoms with Gasteiger partial charge in [-0.3, -0.25) is 4.79 Å². The first-order valence-corrected chi connectivity index (χ1v) is 19.4. The molecule has 0 saturated carbocycles. The molecule has 1 aliphatic heterocycles. The van der Waals surface area contributed by atoms with Gasteiger partial charge in [0.25, 0.3) is 0 Å². The number of esters is 1. The molecule has 0 unspecified atom stereocenters. The van der Waals surface area contributed by atoms with Crippen LogP contribution >= 0.6 is 11.8 Å². The van der Waals surface area contributed by atoms with E-state index in [4.69, 9.17) is 14.8 Å². The first-order valence-electron chi connectivity index (χ1n) is 16.9. The fraction of sp³-hybridized carbons (Fsp3) is 0.359. The Bertz CT molecular complexity index is 2260. The lowest BCUT2D eigenvalue weighted by Gasteiger charge is -2.30. The summed E-state index contributed by atoms with van der Waals surface area (Å²) in [6.07, 6.45) is 5.42. The van der Waals surface area contributed by atoms with E-state index in [-0.39, 0.29) is 28.1 Å². The molecule has 0 radical (unpaired) electrons. The summed E-state index contributed by atoms with van der Waals surface area (Å²) in [6.45, 7) is 7.74. The Morgan fingerprint density at radius 2 is 1.86 bits per heavy atom. The third kappa shape index (κ3) is 7.67. The molecule has 2 aromatic heterocycles. The van der Waals surface area contributed by atoms with Crippen molar-refractivity contribution >= 4 is 44.5 Å². The molecular weight excluding hydrogens is 691 g/mol. The van der Waals surface area contributed by atoms with Gasteiger partial charge in [-0.2, -0.15) is 5.10 Å². The number of rotatable bonds is 4. The van der Waals surface area contributed by atoms with Gasteiger partial charge in [0.05, 0.1) is 34.7 Å². The number of fused-ring (bicyclic) bond motifs is 8. The summed E-state index contributed by atoms with van der Waals surface area (Å²) in [5.74, 6) is -0.981. The lowest BCUT2D eigenvalue weighted by Crippen LogP contribution is -2.28. The Balaban J connectivity index is 1.50. The second-order valence-corrected chi connectivity index (χ2v) is 17.4. The fourth-order valence-electron chi connectivity index (χ4n) is 6.98. The highest BCUT2D eigenvalue weighted by Gasteiger charge is 2.36. The lowest BCUT2D eigenvalue weighted by molar-refractivity contribution is -0.144. The fourth-order valence-corrected chi connectivity index (χ4v) is 9.65. The maximum Gasteiger partial charge on any atom is 0.308 e. The van der Waals surface area contributed by atoms with Crippen molar-refractivity contribution in [1.29, 1.82) is 0 Å². The Labute approximate surface area is 301 Å². The molecular formula is C39H42F2N4O4S2. The zero-order chi connectivity index (χ0) is 36.7. The molecule has 3 aromatic carbocycles. The van der Waals surface area contributed by atoms with E-state index in [1.54, 1.807) is 36.1 Å². The van der Waals surface area contributed by atoms with Crippen LogP contribution in [0.1, 0.15) is 69.5 Å². The van der Waals surface area contributed by atoms with Gasteiger partial charge < -0.3 is 9.72 Å². The Morgan fingerprint density at radius 1 is 1.08 bits per heavy atom. The number of aromatic amines is 1. The van der Waals surface area contributed by atoms with Crippen molar-refractivity contribution in [2.24, 2.45) is 18.4 Å². The van der Waals surface area contributed by atoms with E-state index in [2.05, 4.69) is 4.98 Å². The van der Waals surface area contributed by atoms with Crippen LogP contribution in [-0.4, -0.2) is 47.0 Å². The number of aryl methyl sites for hydroxylation is 1. The van der Waals surface area contributed by atoms with Gasteiger partial charge >= 0.3 is 5.97 Å². The van der Waals surface area contributed by atoms with E-state index >= 15 is 8.78 Å². The molecule has 1 N–H and O–H groups in total.